The summed E-state index contributed by atoms with van der Waals surface area (Å²) < 4.78 is 5.46. The van der Waals surface area contributed by atoms with Crippen LogP contribution in [-0.2, 0) is 9.53 Å². The minimum absolute atomic E-state index is 0.0272. The quantitative estimate of drug-likeness (QED) is 0.603. The number of esters is 1. The van der Waals surface area contributed by atoms with Gasteiger partial charge in [0.1, 0.15) is 6.10 Å². The predicted octanol–water partition coefficient (Wildman–Crippen LogP) is 2.91. The first-order valence-electron chi connectivity index (χ1n) is 5.95. The van der Waals surface area contributed by atoms with E-state index < -0.39 is 0 Å². The standard InChI is InChI=1S/C12H20O2/c1-9-7-11(14-12(13)8-9)10-5-3-2-4-6-10/h9-11H,2-8H2,1H3/t9-,11+/m0/s1. The summed E-state index contributed by atoms with van der Waals surface area (Å²) in [5.74, 6) is 1.22. The summed E-state index contributed by atoms with van der Waals surface area (Å²) >= 11 is 0. The maximum absolute atomic E-state index is 11.3. The Morgan fingerprint density at radius 2 is 1.93 bits per heavy atom. The lowest BCUT2D eigenvalue weighted by Crippen LogP contribution is -2.35. The number of rotatable bonds is 1. The Kier molecular flexibility index (Phi) is 3.09. The molecule has 14 heavy (non-hydrogen) atoms. The molecule has 1 heterocycles. The van der Waals surface area contributed by atoms with E-state index in [0.717, 1.165) is 6.42 Å². The summed E-state index contributed by atoms with van der Waals surface area (Å²) in [7, 11) is 0. The molecule has 0 N–H and O–H groups in total. The molecule has 2 rings (SSSR count). The molecule has 0 radical (unpaired) electrons. The molecule has 1 saturated carbocycles. The first kappa shape index (κ1) is 10.0. The third-order valence-electron chi connectivity index (χ3n) is 3.61. The Morgan fingerprint density at radius 3 is 2.57 bits per heavy atom. The van der Waals surface area contributed by atoms with Crippen molar-refractivity contribution in [1.82, 2.24) is 0 Å². The van der Waals surface area contributed by atoms with Crippen molar-refractivity contribution in [2.24, 2.45) is 11.8 Å². The molecule has 2 heteroatoms. The van der Waals surface area contributed by atoms with E-state index in [1.54, 1.807) is 0 Å². The van der Waals surface area contributed by atoms with Crippen LogP contribution in [0, 0.1) is 11.8 Å². The largest absolute Gasteiger partial charge is 0.462 e. The van der Waals surface area contributed by atoms with Crippen LogP contribution in [-0.4, -0.2) is 12.1 Å². The molecule has 0 aromatic heterocycles. The van der Waals surface area contributed by atoms with Gasteiger partial charge in [-0.3, -0.25) is 4.79 Å². The van der Waals surface area contributed by atoms with E-state index in [1.165, 1.54) is 32.1 Å². The van der Waals surface area contributed by atoms with E-state index in [4.69, 9.17) is 4.74 Å². The second kappa shape index (κ2) is 4.33. The summed E-state index contributed by atoms with van der Waals surface area (Å²) in [6.07, 6.45) is 8.52. The van der Waals surface area contributed by atoms with Crippen molar-refractivity contribution in [2.75, 3.05) is 0 Å². The predicted molar refractivity (Wildman–Crippen MR) is 54.9 cm³/mol. The molecule has 0 spiro atoms. The van der Waals surface area contributed by atoms with Gasteiger partial charge in [-0.15, -0.1) is 0 Å². The lowest BCUT2D eigenvalue weighted by Gasteiger charge is -2.34. The zero-order valence-corrected chi connectivity index (χ0v) is 9.00. The molecular weight excluding hydrogens is 176 g/mol. The van der Waals surface area contributed by atoms with E-state index >= 15 is 0 Å². The van der Waals surface area contributed by atoms with Crippen LogP contribution < -0.4 is 0 Å². The van der Waals surface area contributed by atoms with Gasteiger partial charge in [-0.25, -0.2) is 0 Å². The number of carbonyl (C=O) groups is 1. The van der Waals surface area contributed by atoms with Crippen LogP contribution in [0.3, 0.4) is 0 Å². The van der Waals surface area contributed by atoms with E-state index in [9.17, 15) is 4.79 Å². The molecule has 0 aromatic rings. The number of hydrogen-bond donors (Lipinski definition) is 0. The Bertz CT molecular complexity index is 206. The Morgan fingerprint density at radius 1 is 1.21 bits per heavy atom. The average molecular weight is 196 g/mol. The minimum Gasteiger partial charge on any atom is -0.462 e. The number of hydrogen-bond acceptors (Lipinski definition) is 2. The molecular formula is C12H20O2. The number of ether oxygens (including phenoxy) is 1. The summed E-state index contributed by atoms with van der Waals surface area (Å²) in [5.41, 5.74) is 0. The van der Waals surface area contributed by atoms with Crippen LogP contribution in [0.2, 0.25) is 0 Å². The molecule has 2 nitrogen and oxygen atoms in total. The Hall–Kier alpha value is -0.530. The Labute approximate surface area is 86.0 Å². The smallest absolute Gasteiger partial charge is 0.306 e. The van der Waals surface area contributed by atoms with Crippen LogP contribution in [0.15, 0.2) is 0 Å². The summed E-state index contributed by atoms with van der Waals surface area (Å²) in [5, 5.41) is 0. The van der Waals surface area contributed by atoms with Gasteiger partial charge < -0.3 is 4.74 Å². The van der Waals surface area contributed by atoms with Crippen molar-refractivity contribution >= 4 is 5.97 Å². The van der Waals surface area contributed by atoms with Crippen LogP contribution in [0.1, 0.15) is 51.9 Å². The fraction of sp³-hybridized carbons (Fsp3) is 0.917. The molecule has 1 aliphatic heterocycles. The van der Waals surface area contributed by atoms with Gasteiger partial charge in [0, 0.05) is 6.42 Å². The van der Waals surface area contributed by atoms with Crippen molar-refractivity contribution < 1.29 is 9.53 Å². The second-order valence-electron chi connectivity index (χ2n) is 4.97. The van der Waals surface area contributed by atoms with Gasteiger partial charge in [0.25, 0.3) is 0 Å². The van der Waals surface area contributed by atoms with Gasteiger partial charge in [-0.05, 0) is 31.1 Å². The minimum atomic E-state index is 0.0272. The van der Waals surface area contributed by atoms with Gasteiger partial charge in [-0.1, -0.05) is 26.2 Å². The van der Waals surface area contributed by atoms with Crippen molar-refractivity contribution in [3.8, 4) is 0 Å². The molecule has 1 saturated heterocycles. The lowest BCUT2D eigenvalue weighted by atomic mass is 9.80. The van der Waals surface area contributed by atoms with E-state index in [0.29, 0.717) is 18.3 Å². The molecule has 0 amide bonds. The van der Waals surface area contributed by atoms with Gasteiger partial charge in [0.05, 0.1) is 0 Å². The highest BCUT2D eigenvalue weighted by molar-refractivity contribution is 5.70. The first-order valence-corrected chi connectivity index (χ1v) is 5.95. The molecule has 2 atom stereocenters. The second-order valence-corrected chi connectivity index (χ2v) is 4.97. The monoisotopic (exact) mass is 196 g/mol. The van der Waals surface area contributed by atoms with Crippen LogP contribution in [0.25, 0.3) is 0 Å². The summed E-state index contributed by atoms with van der Waals surface area (Å²) in [4.78, 5) is 11.3. The van der Waals surface area contributed by atoms with Gasteiger partial charge in [0.2, 0.25) is 0 Å². The zero-order chi connectivity index (χ0) is 9.97. The van der Waals surface area contributed by atoms with E-state index in [-0.39, 0.29) is 12.1 Å². The van der Waals surface area contributed by atoms with Crippen LogP contribution in [0.4, 0.5) is 0 Å². The third kappa shape index (κ3) is 2.28. The molecule has 80 valence electrons. The molecule has 0 bridgehead atoms. The first-order chi connectivity index (χ1) is 6.75. The maximum atomic E-state index is 11.3. The van der Waals surface area contributed by atoms with E-state index in [1.807, 2.05) is 0 Å². The summed E-state index contributed by atoms with van der Waals surface area (Å²) in [6.45, 7) is 2.16. The molecule has 1 aliphatic carbocycles. The highest BCUT2D eigenvalue weighted by Crippen LogP contribution is 2.34. The van der Waals surface area contributed by atoms with Crippen molar-refractivity contribution in [3.05, 3.63) is 0 Å². The normalized spacial score (nSPS) is 35.4. The van der Waals surface area contributed by atoms with Crippen molar-refractivity contribution in [2.45, 2.75) is 58.0 Å². The SMILES string of the molecule is C[C@@H]1CC(=O)O[C@@H](C2CCCCC2)C1. The van der Waals surface area contributed by atoms with Crippen LogP contribution >= 0.6 is 0 Å². The number of cyclic esters (lactones) is 1. The van der Waals surface area contributed by atoms with Gasteiger partial charge in [-0.2, -0.15) is 0 Å². The molecule has 2 fully saturated rings. The van der Waals surface area contributed by atoms with Gasteiger partial charge >= 0.3 is 5.97 Å². The topological polar surface area (TPSA) is 26.3 Å². The third-order valence-corrected chi connectivity index (χ3v) is 3.61. The van der Waals surface area contributed by atoms with Crippen LogP contribution in [0.5, 0.6) is 0 Å². The molecule has 0 aromatic carbocycles. The lowest BCUT2D eigenvalue weighted by molar-refractivity contribution is -0.160. The number of carbonyl (C=O) groups excluding carboxylic acids is 1. The summed E-state index contributed by atoms with van der Waals surface area (Å²) in [6, 6.07) is 0. The zero-order valence-electron chi connectivity index (χ0n) is 9.00. The van der Waals surface area contributed by atoms with E-state index in [2.05, 4.69) is 6.92 Å². The Balaban J connectivity index is 1.91. The highest BCUT2D eigenvalue weighted by Gasteiger charge is 2.32. The molecule has 2 aliphatic rings. The highest BCUT2D eigenvalue weighted by atomic mass is 16.5. The van der Waals surface area contributed by atoms with Crippen molar-refractivity contribution in [1.29, 1.82) is 0 Å². The fourth-order valence-electron chi connectivity index (χ4n) is 2.82. The molecule has 0 unspecified atom stereocenters. The van der Waals surface area contributed by atoms with Crippen molar-refractivity contribution in [3.63, 3.8) is 0 Å². The fourth-order valence-corrected chi connectivity index (χ4v) is 2.82. The maximum Gasteiger partial charge on any atom is 0.306 e. The van der Waals surface area contributed by atoms with Gasteiger partial charge in [0.15, 0.2) is 0 Å². The average Bonchev–Trinajstić information content (AvgIpc) is 2.18.